The molecular weight excluding hydrogens is 340 g/mol. The van der Waals surface area contributed by atoms with Gasteiger partial charge in [0.05, 0.1) is 24.5 Å². The first-order chi connectivity index (χ1) is 11.9. The topological polar surface area (TPSA) is 75.7 Å². The number of rotatable bonds is 4. The predicted octanol–water partition coefficient (Wildman–Crippen LogP) is 1.51. The minimum atomic E-state index is -3.20. The Hall–Kier alpha value is -0.660. The van der Waals surface area contributed by atoms with Gasteiger partial charge in [0.1, 0.15) is 0 Å². The van der Waals surface area contributed by atoms with E-state index in [1.807, 2.05) is 4.90 Å². The lowest BCUT2D eigenvalue weighted by Gasteiger charge is -2.29. The third kappa shape index (κ3) is 3.35. The van der Waals surface area contributed by atoms with Gasteiger partial charge in [0.15, 0.2) is 0 Å². The highest BCUT2D eigenvalue weighted by Crippen LogP contribution is 2.55. The van der Waals surface area contributed by atoms with Crippen molar-refractivity contribution in [3.05, 3.63) is 0 Å². The third-order valence-electron chi connectivity index (χ3n) is 6.88. The summed E-state index contributed by atoms with van der Waals surface area (Å²) >= 11 is 0. The first-order valence-corrected chi connectivity index (χ1v) is 11.7. The summed E-state index contributed by atoms with van der Waals surface area (Å²) in [5, 5.41) is 0. The quantitative estimate of drug-likeness (QED) is 0.761. The summed E-state index contributed by atoms with van der Waals surface area (Å²) in [7, 11) is -3.20. The van der Waals surface area contributed by atoms with E-state index in [9.17, 15) is 13.2 Å². The first kappa shape index (κ1) is 17.7. The van der Waals surface area contributed by atoms with Crippen molar-refractivity contribution in [3.8, 4) is 0 Å². The molecule has 3 aliphatic heterocycles. The van der Waals surface area contributed by atoms with Crippen LogP contribution in [0.5, 0.6) is 0 Å². The molecule has 7 heteroatoms. The second-order valence-corrected chi connectivity index (χ2v) is 10.4. The second kappa shape index (κ2) is 6.50. The Morgan fingerprint density at radius 2 is 1.92 bits per heavy atom. The van der Waals surface area contributed by atoms with Crippen molar-refractivity contribution in [1.29, 1.82) is 0 Å². The Labute approximate surface area is 150 Å². The number of nitrogens with zero attached hydrogens (tertiary/aromatic N) is 1. The van der Waals surface area contributed by atoms with Crippen molar-refractivity contribution in [2.75, 3.05) is 25.9 Å². The zero-order valence-electron chi connectivity index (χ0n) is 15.1. The van der Waals surface area contributed by atoms with Gasteiger partial charge < -0.3 is 9.64 Å². The lowest BCUT2D eigenvalue weighted by molar-refractivity contribution is -0.136. The molecule has 2 bridgehead atoms. The average Bonchev–Trinajstić information content (AvgIpc) is 3.12. The molecule has 3 heterocycles. The molecule has 4 rings (SSSR count). The van der Waals surface area contributed by atoms with Gasteiger partial charge in [-0.1, -0.05) is 25.7 Å². The van der Waals surface area contributed by atoms with Crippen LogP contribution in [-0.4, -0.2) is 56.8 Å². The lowest BCUT2D eigenvalue weighted by Crippen LogP contribution is -2.41. The van der Waals surface area contributed by atoms with Crippen LogP contribution in [0.15, 0.2) is 0 Å². The van der Waals surface area contributed by atoms with E-state index in [4.69, 9.17) is 4.74 Å². The highest BCUT2D eigenvalue weighted by Gasteiger charge is 2.63. The van der Waals surface area contributed by atoms with Crippen molar-refractivity contribution in [2.45, 2.75) is 63.1 Å². The van der Waals surface area contributed by atoms with Crippen molar-refractivity contribution >= 4 is 15.9 Å². The number of sulfonamides is 1. The molecule has 1 amide bonds. The van der Waals surface area contributed by atoms with Crippen LogP contribution in [0.1, 0.15) is 51.4 Å². The van der Waals surface area contributed by atoms with Gasteiger partial charge in [-0.15, -0.1) is 0 Å². The van der Waals surface area contributed by atoms with E-state index >= 15 is 0 Å². The Morgan fingerprint density at radius 1 is 1.20 bits per heavy atom. The molecule has 0 aromatic heterocycles. The predicted molar refractivity (Wildman–Crippen MR) is 94.4 cm³/mol. The van der Waals surface area contributed by atoms with Crippen molar-refractivity contribution in [1.82, 2.24) is 9.62 Å². The Bertz CT molecular complexity index is 629. The summed E-state index contributed by atoms with van der Waals surface area (Å²) in [5.74, 6) is 0.959. The van der Waals surface area contributed by atoms with Crippen LogP contribution in [0.2, 0.25) is 0 Å². The number of ether oxygens (including phenoxy) is 1. The SMILES string of the molecule is CS(=O)(=O)NC[C@H]1[C@H]2CN(C(=O)C3CCCCCC3)C[C@]23CC[C@H]1O3. The fourth-order valence-electron chi connectivity index (χ4n) is 5.66. The number of hydrogen-bond donors (Lipinski definition) is 1. The Balaban J connectivity index is 1.45. The zero-order chi connectivity index (χ0) is 17.7. The standard InChI is InChI=1S/C18H30N2O4S/c1-25(22,23)19-10-14-15-11-20(12-18(15)9-8-16(14)24-18)17(21)13-6-4-2-3-5-7-13/h13-16,19H,2-12H2,1H3/t14-,15+,16+,18+/m0/s1. The monoisotopic (exact) mass is 370 g/mol. The highest BCUT2D eigenvalue weighted by molar-refractivity contribution is 7.88. The lowest BCUT2D eigenvalue weighted by atomic mass is 9.74. The molecule has 6 nitrogen and oxygen atoms in total. The van der Waals surface area contributed by atoms with Gasteiger partial charge in [0.25, 0.3) is 0 Å². The Morgan fingerprint density at radius 3 is 2.60 bits per heavy atom. The maximum absolute atomic E-state index is 13.0. The summed E-state index contributed by atoms with van der Waals surface area (Å²) in [5.41, 5.74) is -0.213. The minimum absolute atomic E-state index is 0.148. The molecule has 1 saturated carbocycles. The first-order valence-electron chi connectivity index (χ1n) is 9.79. The van der Waals surface area contributed by atoms with Crippen LogP contribution in [0.25, 0.3) is 0 Å². The molecule has 1 aliphatic carbocycles. The van der Waals surface area contributed by atoms with Crippen LogP contribution < -0.4 is 4.72 Å². The van der Waals surface area contributed by atoms with E-state index < -0.39 is 10.0 Å². The molecule has 0 aromatic carbocycles. The fraction of sp³-hybridized carbons (Fsp3) is 0.944. The molecule has 0 aromatic rings. The van der Waals surface area contributed by atoms with Crippen LogP contribution in [0.4, 0.5) is 0 Å². The smallest absolute Gasteiger partial charge is 0.225 e. The summed E-state index contributed by atoms with van der Waals surface area (Å²) in [6, 6.07) is 0. The largest absolute Gasteiger partial charge is 0.369 e. The number of carbonyl (C=O) groups is 1. The molecular formula is C18H30N2O4S. The van der Waals surface area contributed by atoms with Gasteiger partial charge in [0.2, 0.25) is 15.9 Å². The maximum Gasteiger partial charge on any atom is 0.225 e. The molecule has 142 valence electrons. The number of carbonyl (C=O) groups excluding carboxylic acids is 1. The number of likely N-dealkylation sites (tertiary alicyclic amines) is 1. The number of nitrogens with one attached hydrogen (secondary N) is 1. The molecule has 0 radical (unpaired) electrons. The van der Waals surface area contributed by atoms with Crippen molar-refractivity contribution in [3.63, 3.8) is 0 Å². The highest BCUT2D eigenvalue weighted by atomic mass is 32.2. The van der Waals surface area contributed by atoms with E-state index in [0.29, 0.717) is 19.0 Å². The molecule has 1 spiro atoms. The molecule has 0 unspecified atom stereocenters. The summed E-state index contributed by atoms with van der Waals surface area (Å²) in [6.45, 7) is 1.88. The van der Waals surface area contributed by atoms with Crippen LogP contribution in [0, 0.1) is 17.8 Å². The molecule has 3 saturated heterocycles. The van der Waals surface area contributed by atoms with Crippen LogP contribution in [-0.2, 0) is 19.6 Å². The fourth-order valence-corrected chi connectivity index (χ4v) is 6.16. The Kier molecular flexibility index (Phi) is 4.61. The third-order valence-corrected chi connectivity index (χ3v) is 7.57. The molecule has 1 N–H and O–H groups in total. The van der Waals surface area contributed by atoms with Gasteiger partial charge in [0, 0.05) is 30.8 Å². The van der Waals surface area contributed by atoms with Gasteiger partial charge in [-0.05, 0) is 25.7 Å². The van der Waals surface area contributed by atoms with E-state index in [1.54, 1.807) is 0 Å². The molecule has 4 atom stereocenters. The maximum atomic E-state index is 13.0. The van der Waals surface area contributed by atoms with Crippen molar-refractivity contribution < 1.29 is 17.9 Å². The van der Waals surface area contributed by atoms with Gasteiger partial charge in [-0.3, -0.25) is 4.79 Å². The zero-order valence-corrected chi connectivity index (χ0v) is 15.9. The summed E-state index contributed by atoms with van der Waals surface area (Å²) < 4.78 is 31.9. The van der Waals surface area contributed by atoms with E-state index in [1.165, 1.54) is 19.1 Å². The normalized spacial score (nSPS) is 38.8. The minimum Gasteiger partial charge on any atom is -0.369 e. The van der Waals surface area contributed by atoms with Crippen LogP contribution in [0.3, 0.4) is 0 Å². The number of amides is 1. The van der Waals surface area contributed by atoms with Gasteiger partial charge >= 0.3 is 0 Å². The van der Waals surface area contributed by atoms with E-state index in [2.05, 4.69) is 4.72 Å². The van der Waals surface area contributed by atoms with Gasteiger partial charge in [-0.2, -0.15) is 0 Å². The molecule has 4 aliphatic rings. The van der Waals surface area contributed by atoms with Crippen LogP contribution >= 0.6 is 0 Å². The average molecular weight is 371 g/mol. The summed E-state index contributed by atoms with van der Waals surface area (Å²) in [6.07, 6.45) is 10.2. The number of fused-ring (bicyclic) bond motifs is 1. The molecule has 25 heavy (non-hydrogen) atoms. The van der Waals surface area contributed by atoms with Crippen molar-refractivity contribution in [2.24, 2.45) is 17.8 Å². The van der Waals surface area contributed by atoms with E-state index in [-0.39, 0.29) is 29.5 Å². The van der Waals surface area contributed by atoms with E-state index in [0.717, 1.165) is 45.1 Å². The summed E-state index contributed by atoms with van der Waals surface area (Å²) in [4.78, 5) is 15.1. The second-order valence-electron chi connectivity index (χ2n) is 8.56. The van der Waals surface area contributed by atoms with Gasteiger partial charge in [-0.25, -0.2) is 13.1 Å². The number of hydrogen-bond acceptors (Lipinski definition) is 4. The molecule has 4 fully saturated rings.